The second-order valence-corrected chi connectivity index (χ2v) is 7.29. The molecule has 0 aromatic heterocycles. The average molecular weight is 388 g/mol. The van der Waals surface area contributed by atoms with Crippen LogP contribution in [0.4, 0.5) is 17.6 Å². The zero-order valence-corrected chi connectivity index (χ0v) is 16.5. The van der Waals surface area contributed by atoms with Gasteiger partial charge in [0.1, 0.15) is 0 Å². The van der Waals surface area contributed by atoms with E-state index in [2.05, 4.69) is 13.2 Å². The van der Waals surface area contributed by atoms with E-state index >= 15 is 0 Å². The Morgan fingerprint density at radius 3 is 1.86 bits per heavy atom. The predicted molar refractivity (Wildman–Crippen MR) is 110 cm³/mol. The van der Waals surface area contributed by atoms with E-state index in [0.717, 1.165) is 28.3 Å². The maximum absolute atomic E-state index is 13.8. The van der Waals surface area contributed by atoms with Gasteiger partial charge in [0.15, 0.2) is 0 Å². The minimum absolute atomic E-state index is 0.237. The first kappa shape index (κ1) is 21.7. The van der Waals surface area contributed by atoms with Crippen molar-refractivity contribution in [3.05, 3.63) is 89.0 Å². The highest BCUT2D eigenvalue weighted by molar-refractivity contribution is 5.79. The Hall–Kier alpha value is -2.62. The van der Waals surface area contributed by atoms with Crippen molar-refractivity contribution in [2.45, 2.75) is 39.5 Å². The lowest BCUT2D eigenvalue weighted by Crippen LogP contribution is -2.13. The summed E-state index contributed by atoms with van der Waals surface area (Å²) in [5.74, 6) is -6.46. The summed E-state index contributed by atoms with van der Waals surface area (Å²) in [6.07, 6.45) is 3.44. The second-order valence-electron chi connectivity index (χ2n) is 7.29. The summed E-state index contributed by atoms with van der Waals surface area (Å²) in [4.78, 5) is 0. The van der Waals surface area contributed by atoms with Crippen LogP contribution in [-0.2, 0) is 11.8 Å². The van der Waals surface area contributed by atoms with E-state index in [0.29, 0.717) is 19.4 Å². The Kier molecular flexibility index (Phi) is 6.03. The molecule has 0 radical (unpaired) electrons. The van der Waals surface area contributed by atoms with Crippen molar-refractivity contribution < 1.29 is 17.6 Å². The van der Waals surface area contributed by atoms with Gasteiger partial charge in [-0.1, -0.05) is 43.0 Å². The topological polar surface area (TPSA) is 0 Å². The highest BCUT2D eigenvalue weighted by Gasteiger charge is 2.30. The van der Waals surface area contributed by atoms with Crippen LogP contribution in [0.25, 0.3) is 17.2 Å². The van der Waals surface area contributed by atoms with E-state index in [1.54, 1.807) is 12.2 Å². The molecular formula is C24H24F4. The summed E-state index contributed by atoms with van der Waals surface area (Å²) in [6.45, 7) is 13.0. The molecule has 28 heavy (non-hydrogen) atoms. The molecule has 0 bridgehead atoms. The van der Waals surface area contributed by atoms with Gasteiger partial charge in [0, 0.05) is 25.0 Å². The van der Waals surface area contributed by atoms with E-state index in [1.807, 2.05) is 32.0 Å². The Morgan fingerprint density at radius 1 is 0.857 bits per heavy atom. The molecule has 0 atom stereocenters. The van der Waals surface area contributed by atoms with E-state index in [-0.39, 0.29) is 5.56 Å². The molecule has 0 saturated heterocycles. The lowest BCUT2D eigenvalue weighted by Gasteiger charge is -2.18. The highest BCUT2D eigenvalue weighted by atomic mass is 19.3. The van der Waals surface area contributed by atoms with E-state index in [9.17, 15) is 17.6 Å². The van der Waals surface area contributed by atoms with Gasteiger partial charge in [0.25, 0.3) is 11.8 Å². The van der Waals surface area contributed by atoms with E-state index in [1.165, 1.54) is 12.1 Å². The zero-order valence-electron chi connectivity index (χ0n) is 16.5. The van der Waals surface area contributed by atoms with Gasteiger partial charge < -0.3 is 0 Å². The number of aryl methyl sites for hydroxylation is 1. The SMILES string of the molecule is C=C(C)c1ccc(C)c(/C=C\C(=C)c2cc(C(C)(F)F)cc(C(C)(F)F)c2)c1. The minimum Gasteiger partial charge on any atom is -0.202 e. The van der Waals surface area contributed by atoms with Crippen LogP contribution < -0.4 is 0 Å². The number of allylic oxidation sites excluding steroid dienone is 3. The average Bonchev–Trinajstić information content (AvgIpc) is 2.58. The van der Waals surface area contributed by atoms with Crippen LogP contribution in [0.3, 0.4) is 0 Å². The predicted octanol–water partition coefficient (Wildman–Crippen LogP) is 7.98. The van der Waals surface area contributed by atoms with E-state index < -0.39 is 23.0 Å². The first-order chi connectivity index (χ1) is 12.8. The van der Waals surface area contributed by atoms with Crippen LogP contribution in [0.1, 0.15) is 54.2 Å². The van der Waals surface area contributed by atoms with Crippen LogP contribution in [-0.4, -0.2) is 0 Å². The molecule has 2 aromatic carbocycles. The Balaban J connectivity index is 2.45. The number of alkyl halides is 4. The lowest BCUT2D eigenvalue weighted by atomic mass is 9.95. The van der Waals surface area contributed by atoms with Gasteiger partial charge in [0.05, 0.1) is 0 Å². The summed E-state index contributed by atoms with van der Waals surface area (Å²) in [7, 11) is 0. The molecule has 0 saturated carbocycles. The molecule has 0 aliphatic rings. The van der Waals surface area contributed by atoms with Crippen molar-refractivity contribution in [1.82, 2.24) is 0 Å². The van der Waals surface area contributed by atoms with Crippen molar-refractivity contribution in [3.63, 3.8) is 0 Å². The standard InChI is InChI=1S/C24H24F4/c1-15(2)18-9-7-16(3)19(11-18)10-8-17(4)20-12-21(23(5,25)26)14-22(13-20)24(6,27)28/h7-14H,1,4H2,2-3,5-6H3/b10-8-. The molecule has 2 rings (SSSR count). The van der Waals surface area contributed by atoms with Crippen LogP contribution in [0.15, 0.2) is 55.6 Å². The smallest absolute Gasteiger partial charge is 0.202 e. The number of benzene rings is 2. The molecule has 0 spiro atoms. The second kappa shape index (κ2) is 7.78. The van der Waals surface area contributed by atoms with E-state index in [4.69, 9.17) is 0 Å². The number of halogens is 4. The molecule has 0 aliphatic heterocycles. The third kappa shape index (κ3) is 5.22. The highest BCUT2D eigenvalue weighted by Crippen LogP contribution is 2.36. The van der Waals surface area contributed by atoms with Gasteiger partial charge in [-0.3, -0.25) is 0 Å². The molecule has 0 fully saturated rings. The molecule has 0 amide bonds. The Bertz CT molecular complexity index is 906. The maximum Gasteiger partial charge on any atom is 0.270 e. The monoisotopic (exact) mass is 388 g/mol. The van der Waals surface area contributed by atoms with Crippen molar-refractivity contribution in [2.75, 3.05) is 0 Å². The first-order valence-corrected chi connectivity index (χ1v) is 8.84. The normalized spacial score (nSPS) is 12.4. The fourth-order valence-electron chi connectivity index (χ4n) is 2.69. The van der Waals surface area contributed by atoms with Gasteiger partial charge >= 0.3 is 0 Å². The third-order valence-corrected chi connectivity index (χ3v) is 4.55. The van der Waals surface area contributed by atoms with Gasteiger partial charge in [-0.2, -0.15) is 0 Å². The minimum atomic E-state index is -3.23. The van der Waals surface area contributed by atoms with Gasteiger partial charge in [-0.15, -0.1) is 0 Å². The zero-order chi connectivity index (χ0) is 21.3. The molecule has 4 heteroatoms. The lowest BCUT2D eigenvalue weighted by molar-refractivity contribution is 0.0105. The summed E-state index contributed by atoms with van der Waals surface area (Å²) >= 11 is 0. The van der Waals surface area contributed by atoms with Crippen molar-refractivity contribution >= 4 is 17.2 Å². The molecule has 2 aromatic rings. The Labute approximate surface area is 163 Å². The van der Waals surface area contributed by atoms with Crippen molar-refractivity contribution in [2.24, 2.45) is 0 Å². The van der Waals surface area contributed by atoms with Crippen LogP contribution >= 0.6 is 0 Å². The van der Waals surface area contributed by atoms with Gasteiger partial charge in [-0.05, 0) is 65.9 Å². The van der Waals surface area contributed by atoms with Crippen LogP contribution in [0.5, 0.6) is 0 Å². The van der Waals surface area contributed by atoms with Crippen LogP contribution in [0.2, 0.25) is 0 Å². The number of hydrogen-bond donors (Lipinski definition) is 0. The molecule has 0 N–H and O–H groups in total. The van der Waals surface area contributed by atoms with Gasteiger partial charge in [0.2, 0.25) is 0 Å². The molecule has 0 heterocycles. The quantitative estimate of drug-likeness (QED) is 0.348. The third-order valence-electron chi connectivity index (χ3n) is 4.55. The van der Waals surface area contributed by atoms with Crippen molar-refractivity contribution in [3.8, 4) is 0 Å². The molecule has 0 nitrogen and oxygen atoms in total. The molecule has 148 valence electrons. The summed E-state index contributed by atoms with van der Waals surface area (Å²) in [5.41, 5.74) is 3.52. The van der Waals surface area contributed by atoms with Crippen LogP contribution in [0, 0.1) is 6.92 Å². The Morgan fingerprint density at radius 2 is 1.39 bits per heavy atom. The van der Waals surface area contributed by atoms with Gasteiger partial charge in [-0.25, -0.2) is 17.6 Å². The summed E-state index contributed by atoms with van der Waals surface area (Å²) in [6, 6.07) is 9.15. The number of hydrogen-bond acceptors (Lipinski definition) is 0. The largest absolute Gasteiger partial charge is 0.270 e. The summed E-state index contributed by atoms with van der Waals surface area (Å²) < 4.78 is 55.2. The maximum atomic E-state index is 13.8. The number of rotatable bonds is 6. The molecule has 0 unspecified atom stereocenters. The molecule has 0 aliphatic carbocycles. The molecular weight excluding hydrogens is 364 g/mol. The summed E-state index contributed by atoms with van der Waals surface area (Å²) in [5, 5.41) is 0. The fraction of sp³-hybridized carbons (Fsp3) is 0.250. The first-order valence-electron chi connectivity index (χ1n) is 8.84. The van der Waals surface area contributed by atoms with Crippen molar-refractivity contribution in [1.29, 1.82) is 0 Å². The fourth-order valence-corrected chi connectivity index (χ4v) is 2.69.